The molecule has 0 aliphatic carbocycles. The van der Waals surface area contributed by atoms with E-state index in [1.807, 2.05) is 13.8 Å². The third-order valence-electron chi connectivity index (χ3n) is 2.55. The highest BCUT2D eigenvalue weighted by Gasteiger charge is 2.16. The van der Waals surface area contributed by atoms with Crippen molar-refractivity contribution >= 4 is 17.5 Å². The van der Waals surface area contributed by atoms with Gasteiger partial charge in [-0.05, 0) is 24.5 Å². The Bertz CT molecular complexity index is 365. The molecule has 94 valence electrons. The van der Waals surface area contributed by atoms with Gasteiger partial charge in [0.2, 0.25) is 0 Å². The van der Waals surface area contributed by atoms with Crippen LogP contribution in [0.2, 0.25) is 5.15 Å². The molecule has 1 aromatic rings. The summed E-state index contributed by atoms with van der Waals surface area (Å²) in [7, 11) is 0. The average molecular weight is 257 g/mol. The largest absolute Gasteiger partial charge is 0.396 e. The molecule has 0 saturated heterocycles. The fraction of sp³-hybridized carbons (Fsp3) is 0.500. The first-order chi connectivity index (χ1) is 8.04. The van der Waals surface area contributed by atoms with Crippen LogP contribution in [0, 0.1) is 5.92 Å². The van der Waals surface area contributed by atoms with Gasteiger partial charge in [0.05, 0.1) is 5.56 Å². The minimum atomic E-state index is -0.193. The first-order valence-corrected chi connectivity index (χ1v) is 5.95. The molecule has 0 radical (unpaired) electrons. The van der Waals surface area contributed by atoms with Crippen LogP contribution in [-0.2, 0) is 0 Å². The number of halogens is 1. The van der Waals surface area contributed by atoms with Crippen LogP contribution >= 0.6 is 11.6 Å². The Balaban J connectivity index is 2.66. The molecule has 1 atom stereocenters. The topological polar surface area (TPSA) is 62.2 Å². The van der Waals surface area contributed by atoms with Crippen LogP contribution in [-0.4, -0.2) is 28.6 Å². The highest BCUT2D eigenvalue weighted by molar-refractivity contribution is 6.29. The smallest absolute Gasteiger partial charge is 0.253 e. The van der Waals surface area contributed by atoms with Gasteiger partial charge in [0, 0.05) is 18.8 Å². The number of aliphatic hydroxyl groups excluding tert-OH is 1. The lowest BCUT2D eigenvalue weighted by atomic mass is 10.0. The van der Waals surface area contributed by atoms with Crippen molar-refractivity contribution in [3.8, 4) is 0 Å². The number of aliphatic hydroxyl groups is 1. The summed E-state index contributed by atoms with van der Waals surface area (Å²) in [5, 5.41) is 12.2. The van der Waals surface area contributed by atoms with Crippen LogP contribution in [0.25, 0.3) is 0 Å². The molecule has 1 amide bonds. The summed E-state index contributed by atoms with van der Waals surface area (Å²) in [6.07, 6.45) is 1.98. The summed E-state index contributed by atoms with van der Waals surface area (Å²) in [5.41, 5.74) is 0.470. The summed E-state index contributed by atoms with van der Waals surface area (Å²) in [6, 6.07) is 3.16. The van der Waals surface area contributed by atoms with E-state index < -0.39 is 0 Å². The van der Waals surface area contributed by atoms with Crippen LogP contribution in [0.5, 0.6) is 0 Å². The predicted molar refractivity (Wildman–Crippen MR) is 67.0 cm³/mol. The normalized spacial score (nSPS) is 12.5. The van der Waals surface area contributed by atoms with Crippen molar-refractivity contribution in [3.05, 3.63) is 29.0 Å². The van der Waals surface area contributed by atoms with Crippen LogP contribution in [0.1, 0.15) is 30.6 Å². The fourth-order valence-electron chi connectivity index (χ4n) is 1.47. The number of carbonyl (C=O) groups is 1. The van der Waals surface area contributed by atoms with E-state index in [1.165, 1.54) is 6.20 Å². The van der Waals surface area contributed by atoms with Crippen molar-refractivity contribution in [1.82, 2.24) is 10.3 Å². The molecule has 1 unspecified atom stereocenters. The first kappa shape index (κ1) is 13.9. The number of nitrogens with zero attached hydrogens (tertiary/aromatic N) is 1. The number of aromatic nitrogens is 1. The number of carbonyl (C=O) groups excluding carboxylic acids is 1. The van der Waals surface area contributed by atoms with Gasteiger partial charge >= 0.3 is 0 Å². The minimum absolute atomic E-state index is 0.0387. The lowest BCUT2D eigenvalue weighted by molar-refractivity contribution is 0.0916. The molecule has 4 nitrogen and oxygen atoms in total. The molecule has 1 heterocycles. The molecule has 0 spiro atoms. The summed E-state index contributed by atoms with van der Waals surface area (Å²) >= 11 is 5.65. The van der Waals surface area contributed by atoms with Gasteiger partial charge in [0.15, 0.2) is 0 Å². The van der Waals surface area contributed by atoms with E-state index in [0.29, 0.717) is 17.1 Å². The van der Waals surface area contributed by atoms with Gasteiger partial charge in [0.1, 0.15) is 5.15 Å². The Hall–Kier alpha value is -1.13. The lowest BCUT2D eigenvalue weighted by Crippen LogP contribution is -2.39. The molecule has 0 fully saturated rings. The Morgan fingerprint density at radius 2 is 2.24 bits per heavy atom. The molecule has 1 aromatic heterocycles. The van der Waals surface area contributed by atoms with Crippen molar-refractivity contribution in [2.75, 3.05) is 6.61 Å². The maximum Gasteiger partial charge on any atom is 0.253 e. The van der Waals surface area contributed by atoms with Gasteiger partial charge in [-0.1, -0.05) is 25.4 Å². The van der Waals surface area contributed by atoms with E-state index in [1.54, 1.807) is 12.1 Å². The third kappa shape index (κ3) is 4.32. The fourth-order valence-corrected chi connectivity index (χ4v) is 1.58. The summed E-state index contributed by atoms with van der Waals surface area (Å²) in [6.45, 7) is 4.06. The second kappa shape index (κ2) is 6.57. The molecule has 0 aromatic carbocycles. The molecule has 0 aliphatic rings. The Morgan fingerprint density at radius 3 is 2.71 bits per heavy atom. The number of hydrogen-bond donors (Lipinski definition) is 2. The zero-order valence-electron chi connectivity index (χ0n) is 9.98. The van der Waals surface area contributed by atoms with E-state index >= 15 is 0 Å². The van der Waals surface area contributed by atoms with Crippen molar-refractivity contribution in [1.29, 1.82) is 0 Å². The van der Waals surface area contributed by atoms with Crippen LogP contribution in [0.3, 0.4) is 0 Å². The zero-order valence-corrected chi connectivity index (χ0v) is 10.7. The van der Waals surface area contributed by atoms with Crippen LogP contribution in [0.4, 0.5) is 0 Å². The second-order valence-corrected chi connectivity index (χ2v) is 4.59. The Labute approximate surface area is 106 Å². The molecule has 0 aliphatic heterocycles. The standard InChI is InChI=1S/C12H17ClN2O2/c1-8(2)10(5-6-16)15-12(17)9-3-4-11(13)14-7-9/h3-4,7-8,10,16H,5-6H2,1-2H3,(H,15,17). The monoisotopic (exact) mass is 256 g/mol. The number of hydrogen-bond acceptors (Lipinski definition) is 3. The maximum atomic E-state index is 11.9. The number of amides is 1. The molecule has 2 N–H and O–H groups in total. The van der Waals surface area contributed by atoms with E-state index in [9.17, 15) is 4.79 Å². The van der Waals surface area contributed by atoms with Crippen LogP contribution < -0.4 is 5.32 Å². The quantitative estimate of drug-likeness (QED) is 0.791. The summed E-state index contributed by atoms with van der Waals surface area (Å²) in [5.74, 6) is 0.0766. The Kier molecular flexibility index (Phi) is 5.38. The predicted octanol–water partition coefficient (Wildman–Crippen LogP) is 1.87. The average Bonchev–Trinajstić information content (AvgIpc) is 2.29. The SMILES string of the molecule is CC(C)C(CCO)NC(=O)c1ccc(Cl)nc1. The van der Waals surface area contributed by atoms with E-state index in [2.05, 4.69) is 10.3 Å². The van der Waals surface area contributed by atoms with Gasteiger partial charge in [-0.3, -0.25) is 4.79 Å². The van der Waals surface area contributed by atoms with Gasteiger partial charge in [-0.25, -0.2) is 4.98 Å². The molecule has 1 rings (SSSR count). The molecule has 5 heteroatoms. The van der Waals surface area contributed by atoms with Crippen molar-refractivity contribution in [3.63, 3.8) is 0 Å². The third-order valence-corrected chi connectivity index (χ3v) is 2.77. The molecule has 17 heavy (non-hydrogen) atoms. The van der Waals surface area contributed by atoms with Gasteiger partial charge < -0.3 is 10.4 Å². The van der Waals surface area contributed by atoms with Crippen molar-refractivity contribution < 1.29 is 9.90 Å². The van der Waals surface area contributed by atoms with Gasteiger partial charge in [0.25, 0.3) is 5.91 Å². The van der Waals surface area contributed by atoms with Crippen LogP contribution in [0.15, 0.2) is 18.3 Å². The molecule has 0 saturated carbocycles. The number of nitrogens with one attached hydrogen (secondary N) is 1. The highest BCUT2D eigenvalue weighted by Crippen LogP contribution is 2.09. The summed E-state index contributed by atoms with van der Waals surface area (Å²) < 4.78 is 0. The van der Waals surface area contributed by atoms with E-state index in [0.717, 1.165) is 0 Å². The minimum Gasteiger partial charge on any atom is -0.396 e. The Morgan fingerprint density at radius 1 is 1.53 bits per heavy atom. The zero-order chi connectivity index (χ0) is 12.8. The highest BCUT2D eigenvalue weighted by atomic mass is 35.5. The first-order valence-electron chi connectivity index (χ1n) is 5.58. The van der Waals surface area contributed by atoms with Crippen molar-refractivity contribution in [2.24, 2.45) is 5.92 Å². The number of pyridine rings is 1. The number of rotatable bonds is 5. The lowest BCUT2D eigenvalue weighted by Gasteiger charge is -2.21. The summed E-state index contributed by atoms with van der Waals surface area (Å²) in [4.78, 5) is 15.7. The molecular formula is C12H17ClN2O2. The maximum absolute atomic E-state index is 11.9. The van der Waals surface area contributed by atoms with Gasteiger partial charge in [-0.2, -0.15) is 0 Å². The van der Waals surface area contributed by atoms with Gasteiger partial charge in [-0.15, -0.1) is 0 Å². The molecular weight excluding hydrogens is 240 g/mol. The second-order valence-electron chi connectivity index (χ2n) is 4.21. The van der Waals surface area contributed by atoms with E-state index in [4.69, 9.17) is 16.7 Å². The molecule has 0 bridgehead atoms. The van der Waals surface area contributed by atoms with Crippen molar-refractivity contribution in [2.45, 2.75) is 26.3 Å². The van der Waals surface area contributed by atoms with E-state index in [-0.39, 0.29) is 24.5 Å².